The summed E-state index contributed by atoms with van der Waals surface area (Å²) in [6.07, 6.45) is 1.47. The van der Waals surface area contributed by atoms with Crippen LogP contribution in [0.3, 0.4) is 0 Å². The summed E-state index contributed by atoms with van der Waals surface area (Å²) in [6.45, 7) is 0. The number of nitrogens with one attached hydrogen (secondary N) is 1. The lowest BCUT2D eigenvalue weighted by Gasteiger charge is -2.12. The van der Waals surface area contributed by atoms with Crippen molar-refractivity contribution in [1.29, 1.82) is 5.26 Å². The lowest BCUT2D eigenvalue weighted by atomic mass is 10.1. The van der Waals surface area contributed by atoms with E-state index in [1.54, 1.807) is 42.5 Å². The maximum absolute atomic E-state index is 12.7. The third-order valence-corrected chi connectivity index (χ3v) is 4.16. The van der Waals surface area contributed by atoms with Crippen molar-refractivity contribution in [3.05, 3.63) is 83.9 Å². The van der Waals surface area contributed by atoms with Gasteiger partial charge in [-0.3, -0.25) is 4.79 Å². The minimum absolute atomic E-state index is 0.0696. The third-order valence-electron chi connectivity index (χ3n) is 4.16. The zero-order valence-corrected chi connectivity index (χ0v) is 16.6. The summed E-state index contributed by atoms with van der Waals surface area (Å²) >= 11 is 0. The first kappa shape index (κ1) is 20.5. The molecule has 0 fully saturated rings. The minimum atomic E-state index is -0.552. The Morgan fingerprint density at radius 1 is 0.900 bits per heavy atom. The summed E-state index contributed by atoms with van der Waals surface area (Å²) in [7, 11) is 3.06. The Balaban J connectivity index is 1.85. The summed E-state index contributed by atoms with van der Waals surface area (Å²) in [6, 6.07) is 23.3. The first-order chi connectivity index (χ1) is 14.6. The highest BCUT2D eigenvalue weighted by Crippen LogP contribution is 2.30. The molecule has 3 aromatic carbocycles. The van der Waals surface area contributed by atoms with Gasteiger partial charge in [-0.2, -0.15) is 5.26 Å². The molecule has 0 radical (unpaired) electrons. The monoisotopic (exact) mass is 400 g/mol. The van der Waals surface area contributed by atoms with Crippen molar-refractivity contribution in [2.24, 2.45) is 0 Å². The molecule has 0 atom stereocenters. The zero-order valence-electron chi connectivity index (χ0n) is 16.6. The molecule has 0 heterocycles. The first-order valence-corrected chi connectivity index (χ1v) is 9.11. The molecule has 0 saturated carbocycles. The van der Waals surface area contributed by atoms with Crippen LogP contribution in [0.1, 0.15) is 5.56 Å². The zero-order chi connectivity index (χ0) is 21.3. The van der Waals surface area contributed by atoms with Crippen molar-refractivity contribution < 1.29 is 19.0 Å². The molecule has 3 rings (SSSR count). The smallest absolute Gasteiger partial charge is 0.266 e. The number of ether oxygens (including phenoxy) is 3. The lowest BCUT2D eigenvalue weighted by molar-refractivity contribution is -0.112. The number of hydrogen-bond acceptors (Lipinski definition) is 5. The molecule has 1 N–H and O–H groups in total. The van der Waals surface area contributed by atoms with Gasteiger partial charge in [0, 0.05) is 6.07 Å². The van der Waals surface area contributed by atoms with Crippen molar-refractivity contribution in [3.63, 3.8) is 0 Å². The van der Waals surface area contributed by atoms with Crippen LogP contribution in [0.15, 0.2) is 78.4 Å². The second kappa shape index (κ2) is 9.80. The predicted molar refractivity (Wildman–Crippen MR) is 115 cm³/mol. The fourth-order valence-electron chi connectivity index (χ4n) is 2.69. The van der Waals surface area contributed by atoms with Crippen LogP contribution in [0.5, 0.6) is 23.0 Å². The van der Waals surface area contributed by atoms with Crippen LogP contribution in [0.25, 0.3) is 6.08 Å². The molecule has 1 amide bonds. The molecule has 3 aromatic rings. The second-order valence-electron chi connectivity index (χ2n) is 6.18. The van der Waals surface area contributed by atoms with Gasteiger partial charge >= 0.3 is 0 Å². The van der Waals surface area contributed by atoms with Crippen LogP contribution in [0.4, 0.5) is 5.69 Å². The molecule has 0 aromatic heterocycles. The van der Waals surface area contributed by atoms with Crippen molar-refractivity contribution >= 4 is 17.7 Å². The molecule has 0 bridgehead atoms. The Kier molecular flexibility index (Phi) is 6.70. The van der Waals surface area contributed by atoms with Crippen molar-refractivity contribution in [2.45, 2.75) is 0 Å². The van der Waals surface area contributed by atoms with Gasteiger partial charge in [0.05, 0.1) is 19.9 Å². The number of anilines is 1. The van der Waals surface area contributed by atoms with Crippen molar-refractivity contribution in [2.75, 3.05) is 19.5 Å². The highest BCUT2D eigenvalue weighted by Gasteiger charge is 2.13. The van der Waals surface area contributed by atoms with Gasteiger partial charge < -0.3 is 19.5 Å². The Hall–Kier alpha value is -4.24. The minimum Gasteiger partial charge on any atom is -0.497 e. The highest BCUT2D eigenvalue weighted by molar-refractivity contribution is 6.10. The van der Waals surface area contributed by atoms with E-state index in [2.05, 4.69) is 5.32 Å². The van der Waals surface area contributed by atoms with Gasteiger partial charge in [0.25, 0.3) is 5.91 Å². The fourth-order valence-corrected chi connectivity index (χ4v) is 2.69. The number of rotatable bonds is 7. The Labute approximate surface area is 174 Å². The Bertz CT molecular complexity index is 1080. The van der Waals surface area contributed by atoms with E-state index < -0.39 is 5.91 Å². The summed E-state index contributed by atoms with van der Waals surface area (Å²) in [4.78, 5) is 12.7. The molecule has 0 saturated heterocycles. The van der Waals surface area contributed by atoms with E-state index in [4.69, 9.17) is 14.2 Å². The Morgan fingerprint density at radius 3 is 2.17 bits per heavy atom. The molecule has 0 aliphatic rings. The SMILES string of the molecule is COc1cc(/C=C(\C#N)C(=O)Nc2ccccc2Oc2ccccc2)cc(OC)c1. The number of amides is 1. The summed E-state index contributed by atoms with van der Waals surface area (Å²) < 4.78 is 16.3. The van der Waals surface area contributed by atoms with E-state index in [0.29, 0.717) is 34.2 Å². The highest BCUT2D eigenvalue weighted by atomic mass is 16.5. The quantitative estimate of drug-likeness (QED) is 0.444. The van der Waals surface area contributed by atoms with Crippen LogP contribution in [-0.4, -0.2) is 20.1 Å². The molecule has 0 spiro atoms. The molecule has 0 unspecified atom stereocenters. The summed E-state index contributed by atoms with van der Waals surface area (Å²) in [5, 5.41) is 12.3. The maximum Gasteiger partial charge on any atom is 0.266 e. The fraction of sp³-hybridized carbons (Fsp3) is 0.0833. The van der Waals surface area contributed by atoms with Crippen LogP contribution in [0, 0.1) is 11.3 Å². The predicted octanol–water partition coefficient (Wildman–Crippen LogP) is 5.04. The molecule has 6 heteroatoms. The largest absolute Gasteiger partial charge is 0.497 e. The molecular weight excluding hydrogens is 380 g/mol. The van der Waals surface area contributed by atoms with Gasteiger partial charge in [-0.15, -0.1) is 0 Å². The third kappa shape index (κ3) is 5.18. The van der Waals surface area contributed by atoms with E-state index in [-0.39, 0.29) is 5.57 Å². The molecule has 150 valence electrons. The van der Waals surface area contributed by atoms with Gasteiger partial charge in [-0.05, 0) is 48.0 Å². The van der Waals surface area contributed by atoms with E-state index in [1.807, 2.05) is 36.4 Å². The van der Waals surface area contributed by atoms with Crippen molar-refractivity contribution in [3.8, 4) is 29.1 Å². The van der Waals surface area contributed by atoms with Gasteiger partial charge in [-0.25, -0.2) is 0 Å². The Morgan fingerprint density at radius 2 is 1.53 bits per heavy atom. The van der Waals surface area contributed by atoms with Gasteiger partial charge in [0.15, 0.2) is 5.75 Å². The number of nitriles is 1. The number of carbonyl (C=O) groups is 1. The van der Waals surface area contributed by atoms with E-state index >= 15 is 0 Å². The van der Waals surface area contributed by atoms with Gasteiger partial charge in [0.1, 0.15) is 28.9 Å². The number of methoxy groups -OCH3 is 2. The van der Waals surface area contributed by atoms with E-state index in [0.717, 1.165) is 0 Å². The van der Waals surface area contributed by atoms with Crippen LogP contribution < -0.4 is 19.5 Å². The molecule has 0 aliphatic heterocycles. The summed E-state index contributed by atoms with van der Waals surface area (Å²) in [5.41, 5.74) is 0.988. The molecular formula is C24H20N2O4. The van der Waals surface area contributed by atoms with E-state index in [1.165, 1.54) is 20.3 Å². The van der Waals surface area contributed by atoms with Crippen molar-refractivity contribution in [1.82, 2.24) is 0 Å². The van der Waals surface area contributed by atoms with Crippen LogP contribution in [0.2, 0.25) is 0 Å². The second-order valence-corrected chi connectivity index (χ2v) is 6.18. The number of benzene rings is 3. The average molecular weight is 400 g/mol. The average Bonchev–Trinajstić information content (AvgIpc) is 2.79. The van der Waals surface area contributed by atoms with Crippen LogP contribution in [-0.2, 0) is 4.79 Å². The topological polar surface area (TPSA) is 80.6 Å². The van der Waals surface area contributed by atoms with Gasteiger partial charge in [-0.1, -0.05) is 30.3 Å². The normalized spacial score (nSPS) is 10.6. The van der Waals surface area contributed by atoms with E-state index in [9.17, 15) is 10.1 Å². The number of nitrogens with zero attached hydrogens (tertiary/aromatic N) is 1. The summed E-state index contributed by atoms with van der Waals surface area (Å²) in [5.74, 6) is 1.67. The number of carbonyl (C=O) groups excluding carboxylic acids is 1. The standard InChI is InChI=1S/C24H20N2O4/c1-28-20-13-17(14-21(15-20)29-2)12-18(16-25)24(27)26-22-10-6-7-11-23(22)30-19-8-4-3-5-9-19/h3-15H,1-2H3,(H,26,27)/b18-12+. The van der Waals surface area contributed by atoms with Gasteiger partial charge in [0.2, 0.25) is 0 Å². The molecule has 6 nitrogen and oxygen atoms in total. The molecule has 0 aliphatic carbocycles. The number of para-hydroxylation sites is 3. The first-order valence-electron chi connectivity index (χ1n) is 9.11. The maximum atomic E-state index is 12.7. The molecule has 30 heavy (non-hydrogen) atoms. The number of hydrogen-bond donors (Lipinski definition) is 1. The lowest BCUT2D eigenvalue weighted by Crippen LogP contribution is -2.14. The van der Waals surface area contributed by atoms with Crippen LogP contribution >= 0.6 is 0 Å².